The highest BCUT2D eigenvalue weighted by atomic mass is 16.5. The van der Waals surface area contributed by atoms with E-state index in [1.807, 2.05) is 41.1 Å². The molecule has 3 rings (SSSR count). The van der Waals surface area contributed by atoms with E-state index in [1.165, 1.54) is 0 Å². The lowest BCUT2D eigenvalue weighted by molar-refractivity contribution is -0.159. The first-order valence-corrected chi connectivity index (χ1v) is 10.4. The van der Waals surface area contributed by atoms with Crippen molar-refractivity contribution in [3.05, 3.63) is 72.4 Å². The van der Waals surface area contributed by atoms with Crippen molar-refractivity contribution in [3.8, 4) is 17.0 Å². The number of ether oxygens (including phenoxy) is 1. The Kier molecular flexibility index (Phi) is 9.93. The van der Waals surface area contributed by atoms with Crippen LogP contribution in [0.15, 0.2) is 66.9 Å². The average molecular weight is 440 g/mol. The zero-order chi connectivity index (χ0) is 23.3. The van der Waals surface area contributed by atoms with Crippen molar-refractivity contribution in [2.24, 2.45) is 0 Å². The molecule has 0 saturated heterocycles. The van der Waals surface area contributed by atoms with Gasteiger partial charge in [0, 0.05) is 12.7 Å². The summed E-state index contributed by atoms with van der Waals surface area (Å²) in [6.45, 7) is 8.86. The Hall–Kier alpha value is -3.65. The molecule has 2 aromatic carbocycles. The van der Waals surface area contributed by atoms with Crippen molar-refractivity contribution >= 4 is 11.9 Å². The van der Waals surface area contributed by atoms with Crippen LogP contribution in [0.2, 0.25) is 0 Å². The van der Waals surface area contributed by atoms with Crippen LogP contribution in [0, 0.1) is 0 Å². The Labute approximate surface area is 187 Å². The Bertz CT molecular complexity index is 958. The number of carbonyl (C=O) groups is 2. The first-order valence-electron chi connectivity index (χ1n) is 10.4. The number of aliphatic carboxylic acids is 2. The summed E-state index contributed by atoms with van der Waals surface area (Å²) in [7, 11) is 0. The van der Waals surface area contributed by atoms with Crippen molar-refractivity contribution in [3.63, 3.8) is 0 Å². The van der Waals surface area contributed by atoms with Gasteiger partial charge in [-0.05, 0) is 24.2 Å². The monoisotopic (exact) mass is 439 g/mol. The van der Waals surface area contributed by atoms with Crippen molar-refractivity contribution in [1.82, 2.24) is 14.7 Å². The summed E-state index contributed by atoms with van der Waals surface area (Å²) in [6.07, 6.45) is 2.10. The molecule has 8 heteroatoms. The van der Waals surface area contributed by atoms with Gasteiger partial charge in [-0.25, -0.2) is 9.59 Å². The minimum Gasteiger partial charge on any atom is -0.473 e. The Morgan fingerprint density at radius 3 is 2.03 bits per heavy atom. The summed E-state index contributed by atoms with van der Waals surface area (Å²) >= 11 is 0. The van der Waals surface area contributed by atoms with Crippen LogP contribution >= 0.6 is 0 Å². The van der Waals surface area contributed by atoms with Crippen molar-refractivity contribution in [1.29, 1.82) is 0 Å². The minimum atomic E-state index is -1.82. The summed E-state index contributed by atoms with van der Waals surface area (Å²) in [4.78, 5) is 20.6. The standard InChI is InChI=1S/C22H27N3O.C2H2O4/c1-3-24(4-2)15-16-25-17-21(20-13-9-6-10-14-20)22(23-25)26-18-19-11-7-5-8-12-19;3-1(4)2(5)6/h5-14,17H,3-4,15-16,18H2,1-2H3;(H,3,4)(H,5,6). The molecule has 0 atom stereocenters. The normalized spacial score (nSPS) is 10.3. The SMILES string of the molecule is CCN(CC)CCn1cc(-c2ccccc2)c(OCc2ccccc2)n1.O=C(O)C(=O)O. The van der Waals surface area contributed by atoms with Crippen LogP contribution in [-0.4, -0.2) is 56.5 Å². The molecule has 0 radical (unpaired) electrons. The Morgan fingerprint density at radius 1 is 0.938 bits per heavy atom. The molecule has 0 bridgehead atoms. The van der Waals surface area contributed by atoms with Crippen LogP contribution in [0.4, 0.5) is 0 Å². The quantitative estimate of drug-likeness (QED) is 0.491. The van der Waals surface area contributed by atoms with Crippen LogP contribution in [-0.2, 0) is 22.7 Å². The maximum absolute atomic E-state index is 9.10. The van der Waals surface area contributed by atoms with Gasteiger partial charge in [0.15, 0.2) is 0 Å². The third kappa shape index (κ3) is 7.88. The molecule has 0 amide bonds. The summed E-state index contributed by atoms with van der Waals surface area (Å²) < 4.78 is 8.07. The van der Waals surface area contributed by atoms with Gasteiger partial charge in [0.1, 0.15) is 6.61 Å². The average Bonchev–Trinajstić information content (AvgIpc) is 3.23. The third-order valence-electron chi connectivity index (χ3n) is 4.75. The lowest BCUT2D eigenvalue weighted by atomic mass is 10.1. The minimum absolute atomic E-state index is 0.522. The molecule has 8 nitrogen and oxygen atoms in total. The second kappa shape index (κ2) is 12.9. The zero-order valence-electron chi connectivity index (χ0n) is 18.3. The molecule has 1 heterocycles. The number of nitrogens with zero attached hydrogens (tertiary/aromatic N) is 3. The predicted molar refractivity (Wildman–Crippen MR) is 121 cm³/mol. The second-order valence-electron chi connectivity index (χ2n) is 6.89. The van der Waals surface area contributed by atoms with Crippen LogP contribution in [0.1, 0.15) is 19.4 Å². The molecule has 3 aromatic rings. The molecular formula is C24H29N3O5. The summed E-state index contributed by atoms with van der Waals surface area (Å²) in [5.41, 5.74) is 3.31. The molecule has 0 fully saturated rings. The lowest BCUT2D eigenvalue weighted by Gasteiger charge is -2.17. The molecule has 0 unspecified atom stereocenters. The highest BCUT2D eigenvalue weighted by Gasteiger charge is 2.13. The van der Waals surface area contributed by atoms with Gasteiger partial charge in [0.05, 0.1) is 12.1 Å². The zero-order valence-corrected chi connectivity index (χ0v) is 18.3. The van der Waals surface area contributed by atoms with E-state index >= 15 is 0 Å². The molecule has 32 heavy (non-hydrogen) atoms. The van der Waals surface area contributed by atoms with Crippen molar-refractivity contribution < 1.29 is 24.5 Å². The number of carboxylic acid groups (broad SMARTS) is 2. The molecule has 0 saturated carbocycles. The van der Waals surface area contributed by atoms with Crippen molar-refractivity contribution in [2.75, 3.05) is 19.6 Å². The number of likely N-dealkylation sites (N-methyl/N-ethyl adjacent to an activating group) is 1. The Balaban J connectivity index is 0.000000534. The molecule has 0 aliphatic rings. The Morgan fingerprint density at radius 2 is 1.50 bits per heavy atom. The summed E-state index contributed by atoms with van der Waals surface area (Å²) in [5.74, 6) is -2.95. The fourth-order valence-corrected chi connectivity index (χ4v) is 2.95. The van der Waals surface area contributed by atoms with E-state index < -0.39 is 11.9 Å². The second-order valence-corrected chi connectivity index (χ2v) is 6.89. The fraction of sp³-hybridized carbons (Fsp3) is 0.292. The highest BCUT2D eigenvalue weighted by Crippen LogP contribution is 2.29. The van der Waals surface area contributed by atoms with Gasteiger partial charge in [0.2, 0.25) is 5.88 Å². The lowest BCUT2D eigenvalue weighted by Crippen LogP contribution is -2.27. The molecule has 0 spiro atoms. The maximum atomic E-state index is 9.10. The van der Waals surface area contributed by atoms with E-state index in [0.29, 0.717) is 12.5 Å². The molecule has 0 aliphatic heterocycles. The topological polar surface area (TPSA) is 105 Å². The van der Waals surface area contributed by atoms with Gasteiger partial charge in [0.25, 0.3) is 0 Å². The molecule has 0 aliphatic carbocycles. The van der Waals surface area contributed by atoms with Crippen LogP contribution in [0.25, 0.3) is 11.1 Å². The maximum Gasteiger partial charge on any atom is 0.414 e. The van der Waals surface area contributed by atoms with Gasteiger partial charge in [-0.3, -0.25) is 4.68 Å². The smallest absolute Gasteiger partial charge is 0.414 e. The van der Waals surface area contributed by atoms with E-state index in [2.05, 4.69) is 49.2 Å². The van der Waals surface area contributed by atoms with Gasteiger partial charge in [-0.1, -0.05) is 74.5 Å². The van der Waals surface area contributed by atoms with E-state index in [0.717, 1.165) is 42.9 Å². The number of carboxylic acids is 2. The number of hydrogen-bond acceptors (Lipinski definition) is 5. The van der Waals surface area contributed by atoms with Gasteiger partial charge in [-0.15, -0.1) is 5.10 Å². The molecule has 170 valence electrons. The molecular weight excluding hydrogens is 410 g/mol. The van der Waals surface area contributed by atoms with Gasteiger partial charge < -0.3 is 19.8 Å². The van der Waals surface area contributed by atoms with E-state index in [9.17, 15) is 0 Å². The van der Waals surface area contributed by atoms with E-state index in [1.54, 1.807) is 0 Å². The third-order valence-corrected chi connectivity index (χ3v) is 4.75. The van der Waals surface area contributed by atoms with E-state index in [4.69, 9.17) is 29.6 Å². The number of hydrogen-bond donors (Lipinski definition) is 2. The van der Waals surface area contributed by atoms with Gasteiger partial charge in [-0.2, -0.15) is 0 Å². The molecule has 1 aromatic heterocycles. The number of rotatable bonds is 9. The van der Waals surface area contributed by atoms with Gasteiger partial charge >= 0.3 is 11.9 Å². The predicted octanol–water partition coefficient (Wildman–Crippen LogP) is 3.63. The molecule has 2 N–H and O–H groups in total. The first-order chi connectivity index (χ1) is 15.4. The number of aromatic nitrogens is 2. The van der Waals surface area contributed by atoms with Crippen LogP contribution in [0.3, 0.4) is 0 Å². The highest BCUT2D eigenvalue weighted by molar-refractivity contribution is 6.27. The summed E-state index contributed by atoms with van der Waals surface area (Å²) in [6, 6.07) is 20.5. The largest absolute Gasteiger partial charge is 0.473 e. The summed E-state index contributed by atoms with van der Waals surface area (Å²) in [5, 5.41) is 19.5. The van der Waals surface area contributed by atoms with E-state index in [-0.39, 0.29) is 0 Å². The van der Waals surface area contributed by atoms with Crippen LogP contribution in [0.5, 0.6) is 5.88 Å². The first kappa shape index (κ1) is 24.6. The van der Waals surface area contributed by atoms with Crippen LogP contribution < -0.4 is 4.74 Å². The number of benzene rings is 2. The fourth-order valence-electron chi connectivity index (χ4n) is 2.95. The van der Waals surface area contributed by atoms with Crippen molar-refractivity contribution in [2.45, 2.75) is 27.0 Å².